The molecule has 0 saturated carbocycles. The Labute approximate surface area is 268 Å². The number of hydrogen-bond donors (Lipinski definition) is 0. The van der Waals surface area contributed by atoms with Gasteiger partial charge in [0, 0.05) is 39.1 Å². The summed E-state index contributed by atoms with van der Waals surface area (Å²) in [6.07, 6.45) is 18.2. The molecule has 0 saturated heterocycles. The van der Waals surface area contributed by atoms with E-state index in [0.717, 1.165) is 39.9 Å². The van der Waals surface area contributed by atoms with Gasteiger partial charge in [-0.15, -0.1) is 0 Å². The summed E-state index contributed by atoms with van der Waals surface area (Å²) in [7, 11) is 0. The lowest BCUT2D eigenvalue weighted by atomic mass is 9.79. The first-order chi connectivity index (χ1) is 22.7. The van der Waals surface area contributed by atoms with Crippen LogP contribution in [0.5, 0.6) is 0 Å². The maximum atomic E-state index is 5.37. The van der Waals surface area contributed by atoms with Gasteiger partial charge in [0.15, 0.2) is 17.5 Å². The predicted molar refractivity (Wildman–Crippen MR) is 191 cm³/mol. The van der Waals surface area contributed by atoms with Crippen LogP contribution in [-0.2, 0) is 6.42 Å². The second kappa shape index (κ2) is 11.6. The van der Waals surface area contributed by atoms with E-state index in [4.69, 9.17) is 19.9 Å². The van der Waals surface area contributed by atoms with Crippen molar-refractivity contribution in [2.75, 3.05) is 0 Å². The molecule has 2 aliphatic rings. The lowest BCUT2D eigenvalue weighted by molar-refractivity contribution is 0.763. The Morgan fingerprint density at radius 3 is 2.26 bits per heavy atom. The van der Waals surface area contributed by atoms with E-state index in [1.807, 2.05) is 62.4 Å². The molecule has 1 atom stereocenters. The summed E-state index contributed by atoms with van der Waals surface area (Å²) in [5.41, 5.74) is 9.73. The first kappa shape index (κ1) is 27.8. The van der Waals surface area contributed by atoms with Crippen LogP contribution in [0.1, 0.15) is 30.8 Å². The molecule has 2 heterocycles. The molecule has 0 amide bonds. The van der Waals surface area contributed by atoms with E-state index in [-0.39, 0.29) is 0 Å². The molecule has 4 aromatic carbocycles. The fourth-order valence-electron chi connectivity index (χ4n) is 6.59. The van der Waals surface area contributed by atoms with Crippen LogP contribution in [0.25, 0.3) is 67.4 Å². The highest BCUT2D eigenvalue weighted by molar-refractivity contribution is 6.01. The maximum Gasteiger partial charge on any atom is 0.164 e. The molecule has 2 aromatic heterocycles. The van der Waals surface area contributed by atoms with Gasteiger partial charge in [-0.25, -0.2) is 19.9 Å². The summed E-state index contributed by atoms with van der Waals surface area (Å²) >= 11 is 0. The van der Waals surface area contributed by atoms with Gasteiger partial charge < -0.3 is 0 Å². The fourth-order valence-corrected chi connectivity index (χ4v) is 6.59. The summed E-state index contributed by atoms with van der Waals surface area (Å²) in [4.78, 5) is 20.2. The van der Waals surface area contributed by atoms with Crippen LogP contribution in [0.3, 0.4) is 0 Å². The van der Waals surface area contributed by atoms with Gasteiger partial charge in [-0.2, -0.15) is 0 Å². The number of rotatable bonds is 5. The number of hydrogen-bond acceptors (Lipinski definition) is 4. The summed E-state index contributed by atoms with van der Waals surface area (Å²) in [6.45, 7) is 4.01. The van der Waals surface area contributed by atoms with Crippen LogP contribution >= 0.6 is 0 Å². The predicted octanol–water partition coefficient (Wildman–Crippen LogP) is 10.2. The third-order valence-electron chi connectivity index (χ3n) is 8.89. The molecule has 1 unspecified atom stereocenters. The molecular weight excluding hydrogens is 560 g/mol. The molecule has 0 bridgehead atoms. The largest absolute Gasteiger partial charge is 0.247 e. The van der Waals surface area contributed by atoms with Crippen LogP contribution in [-0.4, -0.2) is 19.9 Å². The molecule has 0 spiro atoms. The Morgan fingerprint density at radius 2 is 1.46 bits per heavy atom. The van der Waals surface area contributed by atoms with Gasteiger partial charge in [0.25, 0.3) is 0 Å². The summed E-state index contributed by atoms with van der Waals surface area (Å²) in [5.74, 6) is 2.30. The fraction of sp³-hybridized carbons (Fsp3) is 0.0952. The van der Waals surface area contributed by atoms with Crippen LogP contribution in [0.2, 0.25) is 0 Å². The van der Waals surface area contributed by atoms with Gasteiger partial charge >= 0.3 is 0 Å². The molecule has 8 rings (SSSR count). The molecule has 46 heavy (non-hydrogen) atoms. The summed E-state index contributed by atoms with van der Waals surface area (Å²) in [5, 5.41) is 3.66. The van der Waals surface area contributed by atoms with Crippen molar-refractivity contribution >= 4 is 33.3 Å². The number of fused-ring (bicyclic) bond motifs is 5. The molecule has 0 fully saturated rings. The summed E-state index contributed by atoms with van der Waals surface area (Å²) in [6, 6.07) is 31.7. The smallest absolute Gasteiger partial charge is 0.164 e. The Hall–Kier alpha value is -5.74. The van der Waals surface area contributed by atoms with Crippen LogP contribution in [0, 0.1) is 5.92 Å². The highest BCUT2D eigenvalue weighted by Gasteiger charge is 2.25. The van der Waals surface area contributed by atoms with Crippen molar-refractivity contribution in [3.63, 3.8) is 0 Å². The highest BCUT2D eigenvalue weighted by Crippen LogP contribution is 2.41. The zero-order valence-electron chi connectivity index (χ0n) is 25.9. The second-order valence-corrected chi connectivity index (χ2v) is 11.8. The molecular formula is C42H32N4. The molecule has 220 valence electrons. The molecule has 6 aromatic rings. The number of benzene rings is 4. The van der Waals surface area contributed by atoms with Gasteiger partial charge in [0.1, 0.15) is 0 Å². The molecule has 4 nitrogen and oxygen atoms in total. The SMILES string of the molecule is C/C=C\C(=C/C)c1nc(-c2ccccc2)nc(-c2cccc(-c3nc4cc5ccccc5cc4c4c3C=C3C=CC=CC3C4)c2)n1. The van der Waals surface area contributed by atoms with E-state index in [9.17, 15) is 0 Å². The van der Waals surface area contributed by atoms with Gasteiger partial charge in [0.2, 0.25) is 0 Å². The van der Waals surface area contributed by atoms with Crippen molar-refractivity contribution in [1.82, 2.24) is 19.9 Å². The Balaban J connectivity index is 1.33. The number of allylic oxidation sites excluding steroid dienone is 9. The van der Waals surface area contributed by atoms with Gasteiger partial charge in [-0.1, -0.05) is 115 Å². The van der Waals surface area contributed by atoms with E-state index in [1.165, 1.54) is 32.9 Å². The van der Waals surface area contributed by atoms with Crippen LogP contribution in [0.15, 0.2) is 139 Å². The highest BCUT2D eigenvalue weighted by atomic mass is 15.0. The van der Waals surface area contributed by atoms with Gasteiger partial charge in [-0.3, -0.25) is 0 Å². The minimum Gasteiger partial charge on any atom is -0.247 e. The Kier molecular flexibility index (Phi) is 7.03. The van der Waals surface area contributed by atoms with E-state index < -0.39 is 0 Å². The van der Waals surface area contributed by atoms with Crippen molar-refractivity contribution < 1.29 is 0 Å². The van der Waals surface area contributed by atoms with E-state index >= 15 is 0 Å². The van der Waals surface area contributed by atoms with Gasteiger partial charge in [-0.05, 0) is 66.5 Å². The number of aromatic nitrogens is 4. The lowest BCUT2D eigenvalue weighted by Crippen LogP contribution is -2.13. The van der Waals surface area contributed by atoms with E-state index in [1.54, 1.807) is 0 Å². The minimum atomic E-state index is 0.367. The Bertz CT molecular complexity index is 2300. The van der Waals surface area contributed by atoms with Crippen molar-refractivity contribution in [2.24, 2.45) is 5.92 Å². The molecule has 4 heteroatoms. The van der Waals surface area contributed by atoms with Crippen LogP contribution in [0.4, 0.5) is 0 Å². The second-order valence-electron chi connectivity index (χ2n) is 11.8. The topological polar surface area (TPSA) is 51.6 Å². The number of pyridine rings is 1. The summed E-state index contributed by atoms with van der Waals surface area (Å²) < 4.78 is 0. The molecule has 0 aliphatic heterocycles. The van der Waals surface area contributed by atoms with Crippen LogP contribution < -0.4 is 0 Å². The first-order valence-electron chi connectivity index (χ1n) is 15.8. The lowest BCUT2D eigenvalue weighted by Gasteiger charge is -2.26. The zero-order valence-corrected chi connectivity index (χ0v) is 25.9. The molecule has 0 N–H and O–H groups in total. The molecule has 0 radical (unpaired) electrons. The third-order valence-corrected chi connectivity index (χ3v) is 8.89. The van der Waals surface area contributed by atoms with Crippen molar-refractivity contribution in [2.45, 2.75) is 20.3 Å². The normalized spacial score (nSPS) is 15.7. The van der Waals surface area contributed by atoms with Gasteiger partial charge in [0.05, 0.1) is 11.2 Å². The first-order valence-corrected chi connectivity index (χ1v) is 15.8. The van der Waals surface area contributed by atoms with Crippen molar-refractivity contribution in [1.29, 1.82) is 0 Å². The zero-order chi connectivity index (χ0) is 31.0. The third kappa shape index (κ3) is 4.98. The Morgan fingerprint density at radius 1 is 0.717 bits per heavy atom. The standard InChI is InChI=1S/C42H32N4/c1-3-13-27(4-2)40-44-41(28-14-6-5-7-15-28)46-42(45-40)34-21-12-20-33(22-34)39-37-25-31-18-9-8-16-29(31)23-35(37)36-24-30-17-10-11-19-32(30)26-38(36)43-39/h3-22,24-26,29H,23H2,1-2H3/b13-3-,27-4+. The monoisotopic (exact) mass is 592 g/mol. The maximum absolute atomic E-state index is 5.37. The van der Waals surface area contributed by atoms with E-state index in [2.05, 4.69) is 91.0 Å². The van der Waals surface area contributed by atoms with E-state index in [0.29, 0.717) is 23.4 Å². The number of nitrogens with zero attached hydrogens (tertiary/aromatic N) is 4. The minimum absolute atomic E-state index is 0.367. The quantitative estimate of drug-likeness (QED) is 0.148. The average molecular weight is 593 g/mol. The molecule has 2 aliphatic carbocycles. The van der Waals surface area contributed by atoms with Crippen molar-refractivity contribution in [3.8, 4) is 34.0 Å². The van der Waals surface area contributed by atoms with Crippen molar-refractivity contribution in [3.05, 3.63) is 156 Å². The average Bonchev–Trinajstić information content (AvgIpc) is 3.12.